The molecule has 0 fully saturated rings. The summed E-state index contributed by atoms with van der Waals surface area (Å²) in [6.07, 6.45) is 0.581. The van der Waals surface area contributed by atoms with Crippen molar-refractivity contribution in [1.29, 1.82) is 0 Å². The van der Waals surface area contributed by atoms with Gasteiger partial charge in [0.25, 0.3) is 0 Å². The smallest absolute Gasteiger partial charge is 0.237 e. The molecule has 0 radical (unpaired) electrons. The average molecular weight is 298 g/mol. The molecular formula is C18H22N2O2. The minimum Gasteiger partial charge on any atom is -0.396 e. The predicted octanol–water partition coefficient (Wildman–Crippen LogP) is 1.48. The van der Waals surface area contributed by atoms with E-state index >= 15 is 0 Å². The molecule has 0 heterocycles. The van der Waals surface area contributed by atoms with Crippen LogP contribution in [0.25, 0.3) is 0 Å². The summed E-state index contributed by atoms with van der Waals surface area (Å²) in [5, 5.41) is 12.4. The highest BCUT2D eigenvalue weighted by Gasteiger charge is 2.24. The zero-order valence-electron chi connectivity index (χ0n) is 12.5. The Labute approximate surface area is 131 Å². The van der Waals surface area contributed by atoms with Crippen molar-refractivity contribution in [2.45, 2.75) is 19.0 Å². The number of aliphatic hydroxyl groups is 1. The molecule has 2 aromatic carbocycles. The fourth-order valence-electron chi connectivity index (χ4n) is 2.34. The van der Waals surface area contributed by atoms with Crippen molar-refractivity contribution < 1.29 is 9.90 Å². The fraction of sp³-hybridized carbons (Fsp3) is 0.278. The Morgan fingerprint density at radius 1 is 1.00 bits per heavy atom. The number of hydrogen-bond acceptors (Lipinski definition) is 3. The van der Waals surface area contributed by atoms with E-state index in [-0.39, 0.29) is 18.4 Å². The van der Waals surface area contributed by atoms with Gasteiger partial charge in [-0.25, -0.2) is 0 Å². The van der Waals surface area contributed by atoms with Crippen molar-refractivity contribution in [3.8, 4) is 0 Å². The lowest BCUT2D eigenvalue weighted by Gasteiger charge is -2.21. The van der Waals surface area contributed by atoms with Crippen molar-refractivity contribution in [2.75, 3.05) is 6.61 Å². The summed E-state index contributed by atoms with van der Waals surface area (Å²) >= 11 is 0. The molecule has 0 aliphatic rings. The third kappa shape index (κ3) is 4.69. The summed E-state index contributed by atoms with van der Waals surface area (Å²) in [7, 11) is 0. The van der Waals surface area contributed by atoms with E-state index in [9.17, 15) is 9.90 Å². The van der Waals surface area contributed by atoms with Gasteiger partial charge in [-0.15, -0.1) is 0 Å². The van der Waals surface area contributed by atoms with E-state index in [1.165, 1.54) is 0 Å². The number of amides is 1. The molecule has 4 heteroatoms. The second kappa shape index (κ2) is 8.32. The highest BCUT2D eigenvalue weighted by atomic mass is 16.3. The Balaban J connectivity index is 1.90. The maximum absolute atomic E-state index is 12.2. The molecule has 0 aliphatic heterocycles. The van der Waals surface area contributed by atoms with Crippen molar-refractivity contribution in [3.63, 3.8) is 0 Å². The van der Waals surface area contributed by atoms with Crippen LogP contribution < -0.4 is 11.1 Å². The molecule has 4 N–H and O–H groups in total. The molecule has 0 spiro atoms. The van der Waals surface area contributed by atoms with Crippen molar-refractivity contribution >= 4 is 5.91 Å². The molecule has 0 bridgehead atoms. The largest absolute Gasteiger partial charge is 0.396 e. The number of nitrogens with one attached hydrogen (secondary N) is 1. The van der Waals surface area contributed by atoms with E-state index in [1.807, 2.05) is 60.7 Å². The summed E-state index contributed by atoms with van der Waals surface area (Å²) < 4.78 is 0. The minimum atomic E-state index is -0.728. The summed E-state index contributed by atoms with van der Waals surface area (Å²) in [5.74, 6) is -0.531. The molecule has 4 nitrogen and oxygen atoms in total. The van der Waals surface area contributed by atoms with Crippen LogP contribution in [0.1, 0.15) is 11.1 Å². The summed E-state index contributed by atoms with van der Waals surface area (Å²) in [5.41, 5.74) is 8.09. The van der Waals surface area contributed by atoms with Crippen LogP contribution in [-0.2, 0) is 17.8 Å². The lowest BCUT2D eigenvalue weighted by molar-refractivity contribution is -0.124. The van der Waals surface area contributed by atoms with E-state index < -0.39 is 6.04 Å². The minimum absolute atomic E-state index is 0.116. The molecule has 2 rings (SSSR count). The van der Waals surface area contributed by atoms with E-state index in [0.717, 1.165) is 11.1 Å². The lowest BCUT2D eigenvalue weighted by Crippen LogP contribution is -2.47. The lowest BCUT2D eigenvalue weighted by atomic mass is 9.93. The van der Waals surface area contributed by atoms with Gasteiger partial charge in [0.1, 0.15) is 0 Å². The Kier molecular flexibility index (Phi) is 6.13. The highest BCUT2D eigenvalue weighted by molar-refractivity contribution is 5.81. The second-order valence-electron chi connectivity index (χ2n) is 5.36. The first-order valence-corrected chi connectivity index (χ1v) is 7.42. The number of rotatable bonds is 7. The van der Waals surface area contributed by atoms with E-state index in [0.29, 0.717) is 13.0 Å². The van der Waals surface area contributed by atoms with E-state index in [4.69, 9.17) is 5.73 Å². The van der Waals surface area contributed by atoms with Crippen LogP contribution in [0, 0.1) is 5.92 Å². The van der Waals surface area contributed by atoms with E-state index in [2.05, 4.69) is 5.32 Å². The Morgan fingerprint density at radius 2 is 1.55 bits per heavy atom. The van der Waals surface area contributed by atoms with Crippen LogP contribution in [0.2, 0.25) is 0 Å². The summed E-state index contributed by atoms with van der Waals surface area (Å²) in [4.78, 5) is 12.2. The van der Waals surface area contributed by atoms with Crippen LogP contribution >= 0.6 is 0 Å². The number of nitrogens with two attached hydrogens (primary N) is 1. The topological polar surface area (TPSA) is 75.4 Å². The number of aliphatic hydroxyl groups excluding tert-OH is 1. The zero-order valence-corrected chi connectivity index (χ0v) is 12.5. The van der Waals surface area contributed by atoms with Gasteiger partial charge in [-0.05, 0) is 17.5 Å². The van der Waals surface area contributed by atoms with Crippen molar-refractivity contribution in [3.05, 3.63) is 71.8 Å². The van der Waals surface area contributed by atoms with Crippen LogP contribution in [0.5, 0.6) is 0 Å². The number of carbonyl (C=O) groups is 1. The number of benzene rings is 2. The van der Waals surface area contributed by atoms with Gasteiger partial charge < -0.3 is 16.2 Å². The Hall–Kier alpha value is -2.17. The summed E-state index contributed by atoms with van der Waals surface area (Å²) in [6.45, 7) is 0.325. The second-order valence-corrected chi connectivity index (χ2v) is 5.36. The van der Waals surface area contributed by atoms with Gasteiger partial charge in [0.05, 0.1) is 6.04 Å². The van der Waals surface area contributed by atoms with E-state index in [1.54, 1.807) is 0 Å². The summed E-state index contributed by atoms with van der Waals surface area (Å²) in [6, 6.07) is 18.7. The van der Waals surface area contributed by atoms with Crippen LogP contribution in [0.4, 0.5) is 0 Å². The molecular weight excluding hydrogens is 276 g/mol. The third-order valence-corrected chi connectivity index (χ3v) is 3.70. The Bertz CT molecular complexity index is 572. The molecule has 0 saturated heterocycles. The maximum atomic E-state index is 12.2. The van der Waals surface area contributed by atoms with Gasteiger partial charge >= 0.3 is 0 Å². The fourth-order valence-corrected chi connectivity index (χ4v) is 2.34. The Morgan fingerprint density at radius 3 is 2.09 bits per heavy atom. The zero-order chi connectivity index (χ0) is 15.8. The molecule has 116 valence electrons. The first-order chi connectivity index (χ1) is 10.7. The molecule has 0 aliphatic carbocycles. The van der Waals surface area contributed by atoms with Gasteiger partial charge in [-0.3, -0.25) is 4.79 Å². The van der Waals surface area contributed by atoms with Gasteiger partial charge in [0.15, 0.2) is 0 Å². The normalized spacial score (nSPS) is 13.4. The van der Waals surface area contributed by atoms with Crippen molar-refractivity contribution in [1.82, 2.24) is 5.32 Å². The van der Waals surface area contributed by atoms with Gasteiger partial charge in [-0.2, -0.15) is 0 Å². The molecule has 22 heavy (non-hydrogen) atoms. The highest BCUT2D eigenvalue weighted by Crippen LogP contribution is 2.11. The first kappa shape index (κ1) is 16.2. The SMILES string of the molecule is NC(C(=O)NCc1ccccc1)C(CO)Cc1ccccc1. The van der Waals surface area contributed by atoms with Gasteiger partial charge in [0, 0.05) is 19.1 Å². The average Bonchev–Trinajstić information content (AvgIpc) is 2.58. The quantitative estimate of drug-likeness (QED) is 0.725. The van der Waals surface area contributed by atoms with Crippen molar-refractivity contribution in [2.24, 2.45) is 11.7 Å². The molecule has 2 aromatic rings. The number of carbonyl (C=O) groups excluding carboxylic acids is 1. The molecule has 1 amide bonds. The monoisotopic (exact) mass is 298 g/mol. The third-order valence-electron chi connectivity index (χ3n) is 3.70. The van der Waals surface area contributed by atoms with Gasteiger partial charge in [0.2, 0.25) is 5.91 Å². The molecule has 2 unspecified atom stereocenters. The van der Waals surface area contributed by atoms with Crippen LogP contribution in [0.15, 0.2) is 60.7 Å². The molecule has 0 aromatic heterocycles. The standard InChI is InChI=1S/C18H22N2O2/c19-17(16(13-21)11-14-7-3-1-4-8-14)18(22)20-12-15-9-5-2-6-10-15/h1-10,16-17,21H,11-13,19H2,(H,20,22). The van der Waals surface area contributed by atoms with Crippen LogP contribution in [-0.4, -0.2) is 23.7 Å². The first-order valence-electron chi connectivity index (χ1n) is 7.42. The molecule has 0 saturated carbocycles. The number of hydrogen-bond donors (Lipinski definition) is 3. The predicted molar refractivity (Wildman–Crippen MR) is 87.0 cm³/mol. The van der Waals surface area contributed by atoms with Crippen LogP contribution in [0.3, 0.4) is 0 Å². The van der Waals surface area contributed by atoms with Gasteiger partial charge in [-0.1, -0.05) is 60.7 Å². The molecule has 2 atom stereocenters. The maximum Gasteiger partial charge on any atom is 0.237 e.